The van der Waals surface area contributed by atoms with Crippen LogP contribution in [0.5, 0.6) is 0 Å². The van der Waals surface area contributed by atoms with Gasteiger partial charge in [0.1, 0.15) is 11.3 Å². The lowest BCUT2D eigenvalue weighted by atomic mass is 10.1. The summed E-state index contributed by atoms with van der Waals surface area (Å²) in [7, 11) is -3.66. The number of fused-ring (bicyclic) bond motifs is 2. The Kier molecular flexibility index (Phi) is 6.46. The van der Waals surface area contributed by atoms with Gasteiger partial charge in [-0.25, -0.2) is 12.9 Å². The minimum absolute atomic E-state index is 0.271. The molecule has 5 aromatic rings. The van der Waals surface area contributed by atoms with Crippen molar-refractivity contribution < 1.29 is 8.42 Å². The minimum atomic E-state index is -3.66. The largest absolute Gasteiger partial charge is 0.340 e. The van der Waals surface area contributed by atoms with Crippen molar-refractivity contribution in [3.8, 4) is 5.69 Å². The number of anilines is 1. The highest BCUT2D eigenvalue weighted by Crippen LogP contribution is 2.24. The fraction of sp³-hybridized carbons (Fsp3) is 0.292. The van der Waals surface area contributed by atoms with Crippen LogP contribution < -0.4 is 10.5 Å². The van der Waals surface area contributed by atoms with E-state index in [2.05, 4.69) is 15.1 Å². The van der Waals surface area contributed by atoms with Crippen LogP contribution in [0.3, 0.4) is 0 Å². The minimum Gasteiger partial charge on any atom is -0.340 e. The molecule has 5 rings (SSSR count). The molecule has 0 spiro atoms. The Morgan fingerprint density at radius 2 is 1.86 bits per heavy atom. The molecule has 0 aliphatic carbocycles. The summed E-state index contributed by atoms with van der Waals surface area (Å²) in [5.74, 6) is 0.585. The molecule has 0 fully saturated rings. The van der Waals surface area contributed by atoms with Gasteiger partial charge in [0.25, 0.3) is 10.7 Å². The van der Waals surface area contributed by atoms with E-state index in [0.29, 0.717) is 46.7 Å². The summed E-state index contributed by atoms with van der Waals surface area (Å²) >= 11 is 6.32. The van der Waals surface area contributed by atoms with E-state index in [1.54, 1.807) is 29.1 Å². The Morgan fingerprint density at radius 1 is 1.11 bits per heavy atom. The molecule has 0 N–H and O–H groups in total. The van der Waals surface area contributed by atoms with E-state index in [1.807, 2.05) is 49.1 Å². The monoisotopic (exact) mass is 540 g/mol. The van der Waals surface area contributed by atoms with Crippen molar-refractivity contribution in [1.82, 2.24) is 33.8 Å². The number of nitrogens with zero attached hydrogens (tertiary/aromatic N) is 8. The fourth-order valence-corrected chi connectivity index (χ4v) is 5.04. The topological polar surface area (TPSA) is 120 Å². The smallest absolute Gasteiger partial charge is 0.284 e. The molecule has 0 aliphatic heterocycles. The maximum absolute atomic E-state index is 13.6. The van der Waals surface area contributed by atoms with Gasteiger partial charge in [0.2, 0.25) is 15.8 Å². The van der Waals surface area contributed by atoms with Crippen molar-refractivity contribution in [2.24, 2.45) is 0 Å². The van der Waals surface area contributed by atoms with Gasteiger partial charge in [-0.05, 0) is 24.6 Å². The lowest BCUT2D eigenvalue weighted by molar-refractivity contribution is 0.578. The van der Waals surface area contributed by atoms with Crippen LogP contribution in [0.25, 0.3) is 16.9 Å². The van der Waals surface area contributed by atoms with Gasteiger partial charge >= 0.3 is 0 Å². The van der Waals surface area contributed by atoms with Crippen molar-refractivity contribution in [2.75, 3.05) is 24.2 Å². The standard InChI is InChI=1S/C24H25ClN8O3S/c1-4-13-30(24-28-23(37(3,35)36)27-19-10-12-26-33(19)24)15-16(2)21-29-31-14-11-18(25)20(31)22(34)32(21)17-8-6-5-7-9-17/h5-12,14,16H,4,13,15H2,1-3H3. The number of hydrogen-bond acceptors (Lipinski definition) is 8. The SMILES string of the molecule is CCCN(CC(C)c1nn2ccc(Cl)c2c(=O)n1-c1ccccc1)c1nc(S(C)(=O)=O)nc2ccnn12. The third-order valence-corrected chi connectivity index (χ3v) is 7.09. The zero-order valence-corrected chi connectivity index (χ0v) is 22.1. The van der Waals surface area contributed by atoms with E-state index >= 15 is 0 Å². The molecule has 0 aliphatic rings. The summed E-state index contributed by atoms with van der Waals surface area (Å²) in [4.78, 5) is 24.1. The van der Waals surface area contributed by atoms with Crippen LogP contribution in [-0.4, -0.2) is 61.5 Å². The molecular formula is C24H25ClN8O3S. The van der Waals surface area contributed by atoms with Crippen LogP contribution >= 0.6 is 11.6 Å². The first-order valence-electron chi connectivity index (χ1n) is 11.7. The molecule has 1 aromatic carbocycles. The predicted octanol–water partition coefficient (Wildman–Crippen LogP) is 3.00. The van der Waals surface area contributed by atoms with Crippen molar-refractivity contribution in [3.63, 3.8) is 0 Å². The molecule has 1 atom stereocenters. The first-order chi connectivity index (χ1) is 17.7. The van der Waals surface area contributed by atoms with Crippen LogP contribution in [0.1, 0.15) is 32.0 Å². The zero-order valence-electron chi connectivity index (χ0n) is 20.5. The maximum atomic E-state index is 13.6. The second-order valence-electron chi connectivity index (χ2n) is 8.82. The lowest BCUT2D eigenvalue weighted by Crippen LogP contribution is -2.35. The molecule has 0 bridgehead atoms. The number of rotatable bonds is 8. The average molecular weight is 541 g/mol. The van der Waals surface area contributed by atoms with Gasteiger partial charge in [-0.15, -0.1) is 0 Å². The summed E-state index contributed by atoms with van der Waals surface area (Å²) < 4.78 is 29.2. The molecule has 4 aromatic heterocycles. The third-order valence-electron chi connectivity index (χ3n) is 5.94. The summed E-state index contributed by atoms with van der Waals surface area (Å²) in [6.07, 6.45) is 5.04. The van der Waals surface area contributed by atoms with Gasteiger partial charge < -0.3 is 4.90 Å². The molecule has 11 nitrogen and oxygen atoms in total. The van der Waals surface area contributed by atoms with E-state index in [4.69, 9.17) is 16.7 Å². The zero-order chi connectivity index (χ0) is 26.3. The highest BCUT2D eigenvalue weighted by atomic mass is 35.5. The lowest BCUT2D eigenvalue weighted by Gasteiger charge is -2.27. The van der Waals surface area contributed by atoms with Crippen LogP contribution in [0.15, 0.2) is 64.8 Å². The summed E-state index contributed by atoms with van der Waals surface area (Å²) in [6, 6.07) is 12.5. The van der Waals surface area contributed by atoms with Gasteiger partial charge in [-0.3, -0.25) is 9.36 Å². The molecule has 0 saturated heterocycles. The molecular weight excluding hydrogens is 516 g/mol. The van der Waals surface area contributed by atoms with Crippen molar-refractivity contribution in [3.05, 3.63) is 76.1 Å². The number of halogens is 1. The molecule has 0 saturated carbocycles. The van der Waals surface area contributed by atoms with Crippen LogP contribution in [0.4, 0.5) is 5.95 Å². The number of benzene rings is 1. The van der Waals surface area contributed by atoms with Crippen LogP contribution in [0, 0.1) is 0 Å². The Bertz CT molecular complexity index is 1760. The number of hydrogen-bond donors (Lipinski definition) is 0. The average Bonchev–Trinajstić information content (AvgIpc) is 3.49. The molecule has 0 radical (unpaired) electrons. The van der Waals surface area contributed by atoms with E-state index < -0.39 is 9.84 Å². The maximum Gasteiger partial charge on any atom is 0.284 e. The summed E-state index contributed by atoms with van der Waals surface area (Å²) in [6.45, 7) is 4.91. The Balaban J connectivity index is 1.65. The molecule has 0 amide bonds. The molecule has 37 heavy (non-hydrogen) atoms. The van der Waals surface area contributed by atoms with Gasteiger partial charge in [0.05, 0.1) is 16.9 Å². The van der Waals surface area contributed by atoms with Gasteiger partial charge in [0, 0.05) is 37.5 Å². The number of para-hydroxylation sites is 1. The van der Waals surface area contributed by atoms with Crippen molar-refractivity contribution >= 4 is 38.6 Å². The molecule has 4 heterocycles. The highest BCUT2D eigenvalue weighted by molar-refractivity contribution is 7.90. The number of aromatic nitrogens is 7. The molecule has 13 heteroatoms. The Labute approximate surface area is 217 Å². The van der Waals surface area contributed by atoms with Crippen LogP contribution in [0.2, 0.25) is 5.02 Å². The fourth-order valence-electron chi connectivity index (χ4n) is 4.31. The second-order valence-corrected chi connectivity index (χ2v) is 11.1. The third kappa shape index (κ3) is 4.58. The normalized spacial score (nSPS) is 12.9. The van der Waals surface area contributed by atoms with E-state index in [9.17, 15) is 13.2 Å². The first-order valence-corrected chi connectivity index (χ1v) is 14.0. The quantitative estimate of drug-likeness (QED) is 0.294. The summed E-state index contributed by atoms with van der Waals surface area (Å²) in [5.41, 5.74) is 1.05. The van der Waals surface area contributed by atoms with E-state index in [-0.39, 0.29) is 16.6 Å². The highest BCUT2D eigenvalue weighted by Gasteiger charge is 2.25. The van der Waals surface area contributed by atoms with Crippen molar-refractivity contribution in [1.29, 1.82) is 0 Å². The van der Waals surface area contributed by atoms with E-state index in [0.717, 1.165) is 12.7 Å². The predicted molar refractivity (Wildman–Crippen MR) is 141 cm³/mol. The van der Waals surface area contributed by atoms with Gasteiger partial charge in [-0.2, -0.15) is 24.7 Å². The summed E-state index contributed by atoms with van der Waals surface area (Å²) in [5, 5.41) is 9.13. The Hall–Kier alpha value is -3.77. The first kappa shape index (κ1) is 24.9. The second kappa shape index (κ2) is 9.60. The van der Waals surface area contributed by atoms with E-state index in [1.165, 1.54) is 9.03 Å². The van der Waals surface area contributed by atoms with Crippen LogP contribution in [-0.2, 0) is 9.84 Å². The number of sulfone groups is 1. The van der Waals surface area contributed by atoms with Gasteiger partial charge in [0.15, 0.2) is 5.65 Å². The Morgan fingerprint density at radius 3 is 2.57 bits per heavy atom. The van der Waals surface area contributed by atoms with Crippen molar-refractivity contribution in [2.45, 2.75) is 31.3 Å². The molecule has 1 unspecified atom stereocenters. The van der Waals surface area contributed by atoms with Gasteiger partial charge in [-0.1, -0.05) is 43.6 Å². The molecule has 192 valence electrons.